The third kappa shape index (κ3) is 4.68. The molecule has 30 heavy (non-hydrogen) atoms. The van der Waals surface area contributed by atoms with E-state index < -0.39 is 11.7 Å². The number of carbonyl (C=O) groups excluding carboxylic acids is 2. The van der Waals surface area contributed by atoms with Crippen molar-refractivity contribution in [3.8, 4) is 0 Å². The molecule has 0 unspecified atom stereocenters. The summed E-state index contributed by atoms with van der Waals surface area (Å²) in [5.74, 6) is -0.721. The van der Waals surface area contributed by atoms with E-state index in [1.54, 1.807) is 19.9 Å². The molecule has 1 fully saturated rings. The Labute approximate surface area is 176 Å². The van der Waals surface area contributed by atoms with Crippen LogP contribution < -0.4 is 10.6 Å². The second-order valence-corrected chi connectivity index (χ2v) is 8.58. The number of hydrogen-bond acceptors (Lipinski definition) is 6. The fourth-order valence-electron chi connectivity index (χ4n) is 3.01. The van der Waals surface area contributed by atoms with Gasteiger partial charge < -0.3 is 10.6 Å². The van der Waals surface area contributed by atoms with Crippen molar-refractivity contribution < 1.29 is 14.0 Å². The zero-order valence-electron chi connectivity index (χ0n) is 16.5. The molecule has 7 nitrogen and oxygen atoms in total. The summed E-state index contributed by atoms with van der Waals surface area (Å²) in [4.78, 5) is 37.9. The number of amides is 2. The third-order valence-corrected chi connectivity index (χ3v) is 5.72. The average Bonchev–Trinajstić information content (AvgIpc) is 3.40. The smallest absolute Gasteiger partial charge is 0.267 e. The van der Waals surface area contributed by atoms with E-state index in [4.69, 9.17) is 0 Å². The first-order valence-corrected chi connectivity index (χ1v) is 10.4. The van der Waals surface area contributed by atoms with Crippen molar-refractivity contribution in [1.82, 2.24) is 15.0 Å². The molecule has 154 valence electrons. The fraction of sp³-hybridized carbons (Fsp3) is 0.286. The lowest BCUT2D eigenvalue weighted by molar-refractivity contribution is 0.101. The number of halogens is 1. The van der Waals surface area contributed by atoms with E-state index in [2.05, 4.69) is 25.6 Å². The Bertz CT molecular complexity index is 1130. The first kappa shape index (κ1) is 20.1. The maximum Gasteiger partial charge on any atom is 0.267 e. The molecule has 1 aliphatic carbocycles. The van der Waals surface area contributed by atoms with Gasteiger partial charge in [0.15, 0.2) is 0 Å². The Morgan fingerprint density at radius 1 is 1.10 bits per heavy atom. The van der Waals surface area contributed by atoms with Gasteiger partial charge in [0.1, 0.15) is 22.8 Å². The molecule has 0 spiro atoms. The second kappa shape index (κ2) is 8.27. The maximum atomic E-state index is 14.5. The number of rotatable bonds is 6. The highest BCUT2D eigenvalue weighted by atomic mass is 32.1. The van der Waals surface area contributed by atoms with E-state index in [-0.39, 0.29) is 11.5 Å². The minimum absolute atomic E-state index is 0.182. The van der Waals surface area contributed by atoms with E-state index >= 15 is 0 Å². The largest absolute Gasteiger partial charge is 0.321 e. The summed E-state index contributed by atoms with van der Waals surface area (Å²) < 4.78 is 14.5. The summed E-state index contributed by atoms with van der Waals surface area (Å²) in [5, 5.41) is 6.11. The molecule has 2 aromatic heterocycles. The highest BCUT2D eigenvalue weighted by Crippen LogP contribution is 2.32. The predicted octanol–water partition coefficient (Wildman–Crippen LogP) is 4.15. The van der Waals surface area contributed by atoms with Gasteiger partial charge in [-0.1, -0.05) is 0 Å². The number of carbonyl (C=O) groups is 2. The standard InChI is InChI=1S/C21H20FN5O2S/c1-11-5-16(22)15(8-17(11)26-21(29)18-9-23-12(2)30-18)20(28)27-19-7-14(24-10-25-19)6-13-3-4-13/h5,7-10,13H,3-4,6H2,1-2H3,(H,26,29)(H,24,25,27,28). The highest BCUT2D eigenvalue weighted by Gasteiger charge is 2.23. The molecule has 1 aromatic carbocycles. The lowest BCUT2D eigenvalue weighted by atomic mass is 10.1. The van der Waals surface area contributed by atoms with E-state index in [1.807, 2.05) is 0 Å². The molecule has 0 radical (unpaired) electrons. The van der Waals surface area contributed by atoms with Crippen molar-refractivity contribution in [1.29, 1.82) is 0 Å². The van der Waals surface area contributed by atoms with Gasteiger partial charge in [-0.25, -0.2) is 19.3 Å². The Morgan fingerprint density at radius 2 is 1.90 bits per heavy atom. The van der Waals surface area contributed by atoms with Crippen molar-refractivity contribution in [3.63, 3.8) is 0 Å². The quantitative estimate of drug-likeness (QED) is 0.619. The van der Waals surface area contributed by atoms with E-state index in [1.165, 1.54) is 48.8 Å². The van der Waals surface area contributed by atoms with Crippen LogP contribution in [0.25, 0.3) is 0 Å². The summed E-state index contributed by atoms with van der Waals surface area (Å²) in [7, 11) is 0. The molecule has 3 aromatic rings. The Balaban J connectivity index is 1.52. The van der Waals surface area contributed by atoms with Gasteiger partial charge in [0.2, 0.25) is 0 Å². The van der Waals surface area contributed by atoms with Crippen LogP contribution in [-0.2, 0) is 6.42 Å². The third-order valence-electron chi connectivity index (χ3n) is 4.81. The van der Waals surface area contributed by atoms with Gasteiger partial charge in [-0.3, -0.25) is 9.59 Å². The molecule has 1 aliphatic rings. The number of nitrogens with zero attached hydrogens (tertiary/aromatic N) is 3. The van der Waals surface area contributed by atoms with Gasteiger partial charge >= 0.3 is 0 Å². The first-order chi connectivity index (χ1) is 14.4. The number of aromatic nitrogens is 3. The van der Waals surface area contributed by atoms with Gasteiger partial charge in [0.25, 0.3) is 11.8 Å². The van der Waals surface area contributed by atoms with Crippen molar-refractivity contribution in [2.45, 2.75) is 33.1 Å². The van der Waals surface area contributed by atoms with Gasteiger partial charge in [-0.2, -0.15) is 0 Å². The van der Waals surface area contributed by atoms with E-state index in [0.717, 1.165) is 17.1 Å². The van der Waals surface area contributed by atoms with Gasteiger partial charge in [0, 0.05) is 17.4 Å². The van der Waals surface area contributed by atoms with Crippen LogP contribution in [0, 0.1) is 25.6 Å². The maximum absolute atomic E-state index is 14.5. The van der Waals surface area contributed by atoms with E-state index in [9.17, 15) is 14.0 Å². The number of nitrogens with one attached hydrogen (secondary N) is 2. The monoisotopic (exact) mass is 425 g/mol. The predicted molar refractivity (Wildman–Crippen MR) is 112 cm³/mol. The van der Waals surface area contributed by atoms with Crippen LogP contribution in [0.4, 0.5) is 15.9 Å². The molecule has 0 aliphatic heterocycles. The van der Waals surface area contributed by atoms with Crippen molar-refractivity contribution in [2.75, 3.05) is 10.6 Å². The van der Waals surface area contributed by atoms with Crippen LogP contribution in [0.15, 0.2) is 30.7 Å². The van der Waals surface area contributed by atoms with E-state index in [0.29, 0.717) is 27.9 Å². The van der Waals surface area contributed by atoms with Gasteiger partial charge in [-0.15, -0.1) is 11.3 Å². The molecule has 0 saturated heterocycles. The van der Waals surface area contributed by atoms with Gasteiger partial charge in [0.05, 0.1) is 16.8 Å². The Morgan fingerprint density at radius 3 is 2.60 bits per heavy atom. The normalized spacial score (nSPS) is 13.2. The molecular formula is C21H20FN5O2S. The van der Waals surface area contributed by atoms with Crippen LogP contribution in [-0.4, -0.2) is 26.8 Å². The lowest BCUT2D eigenvalue weighted by Crippen LogP contribution is -2.17. The molecule has 2 heterocycles. The minimum atomic E-state index is -0.677. The molecule has 9 heteroatoms. The van der Waals surface area contributed by atoms with Crippen LogP contribution in [0.3, 0.4) is 0 Å². The number of thiazole rings is 1. The van der Waals surface area contributed by atoms with Gasteiger partial charge in [-0.05, 0) is 56.7 Å². The number of aryl methyl sites for hydroxylation is 2. The minimum Gasteiger partial charge on any atom is -0.321 e. The summed E-state index contributed by atoms with van der Waals surface area (Å²) in [5.41, 5.74) is 1.53. The van der Waals surface area contributed by atoms with Crippen LogP contribution >= 0.6 is 11.3 Å². The Kier molecular flexibility index (Phi) is 5.54. The summed E-state index contributed by atoms with van der Waals surface area (Å²) >= 11 is 1.26. The van der Waals surface area contributed by atoms with Crippen LogP contribution in [0.2, 0.25) is 0 Å². The molecule has 1 saturated carbocycles. The van der Waals surface area contributed by atoms with Crippen LogP contribution in [0.1, 0.15) is 49.1 Å². The SMILES string of the molecule is Cc1ncc(C(=O)Nc2cc(C(=O)Nc3cc(CC4CC4)ncn3)c(F)cc2C)s1. The van der Waals surface area contributed by atoms with Crippen molar-refractivity contribution >= 4 is 34.7 Å². The molecule has 2 amide bonds. The lowest BCUT2D eigenvalue weighted by Gasteiger charge is -2.12. The molecule has 0 atom stereocenters. The summed E-state index contributed by atoms with van der Waals surface area (Å²) in [6.07, 6.45) is 6.10. The highest BCUT2D eigenvalue weighted by molar-refractivity contribution is 7.13. The first-order valence-electron chi connectivity index (χ1n) is 9.55. The molecule has 4 rings (SSSR count). The second-order valence-electron chi connectivity index (χ2n) is 7.34. The Hall–Kier alpha value is -3.20. The molecule has 2 N–H and O–H groups in total. The zero-order valence-corrected chi connectivity index (χ0v) is 17.3. The zero-order chi connectivity index (χ0) is 21.3. The van der Waals surface area contributed by atoms with Crippen LogP contribution in [0.5, 0.6) is 0 Å². The number of benzene rings is 1. The molecule has 0 bridgehead atoms. The summed E-state index contributed by atoms with van der Waals surface area (Å²) in [6, 6.07) is 4.26. The number of hydrogen-bond donors (Lipinski definition) is 2. The molecular weight excluding hydrogens is 405 g/mol. The number of anilines is 2. The average molecular weight is 425 g/mol. The van der Waals surface area contributed by atoms with Crippen molar-refractivity contribution in [2.24, 2.45) is 5.92 Å². The van der Waals surface area contributed by atoms with Crippen molar-refractivity contribution in [3.05, 3.63) is 63.2 Å². The fourth-order valence-corrected chi connectivity index (χ4v) is 3.68. The topological polar surface area (TPSA) is 96.9 Å². The summed E-state index contributed by atoms with van der Waals surface area (Å²) in [6.45, 7) is 3.46.